The van der Waals surface area contributed by atoms with Crippen molar-refractivity contribution in [2.75, 3.05) is 6.54 Å². The highest BCUT2D eigenvalue weighted by molar-refractivity contribution is 7.10. The SMILES string of the molecule is Cc1ccsc1C(N)C(CCN)c1ccccc1. The molecule has 18 heavy (non-hydrogen) atoms. The van der Waals surface area contributed by atoms with Gasteiger partial charge in [0.15, 0.2) is 0 Å². The van der Waals surface area contributed by atoms with Crippen LogP contribution < -0.4 is 11.5 Å². The second kappa shape index (κ2) is 6.14. The Labute approximate surface area is 113 Å². The van der Waals surface area contributed by atoms with Crippen molar-refractivity contribution < 1.29 is 0 Å². The molecular formula is C15H20N2S. The van der Waals surface area contributed by atoms with Gasteiger partial charge in [0, 0.05) is 16.8 Å². The van der Waals surface area contributed by atoms with Crippen molar-refractivity contribution in [2.45, 2.75) is 25.3 Å². The number of benzene rings is 1. The lowest BCUT2D eigenvalue weighted by molar-refractivity contribution is 0.528. The van der Waals surface area contributed by atoms with Crippen LogP contribution in [-0.2, 0) is 0 Å². The van der Waals surface area contributed by atoms with Crippen molar-refractivity contribution in [1.82, 2.24) is 0 Å². The second-order valence-corrected chi connectivity index (χ2v) is 5.54. The summed E-state index contributed by atoms with van der Waals surface area (Å²) in [5.41, 5.74) is 14.8. The molecule has 0 saturated carbocycles. The number of thiophene rings is 1. The van der Waals surface area contributed by atoms with E-state index in [2.05, 4.69) is 42.6 Å². The van der Waals surface area contributed by atoms with Crippen LogP contribution in [0.2, 0.25) is 0 Å². The summed E-state index contributed by atoms with van der Waals surface area (Å²) < 4.78 is 0. The molecule has 0 radical (unpaired) electrons. The smallest absolute Gasteiger partial charge is 0.0462 e. The zero-order chi connectivity index (χ0) is 13.0. The summed E-state index contributed by atoms with van der Waals surface area (Å²) in [6.45, 7) is 2.79. The fourth-order valence-electron chi connectivity index (χ4n) is 2.34. The summed E-state index contributed by atoms with van der Waals surface area (Å²) in [4.78, 5) is 1.28. The lowest BCUT2D eigenvalue weighted by Crippen LogP contribution is -2.22. The molecule has 0 aliphatic carbocycles. The zero-order valence-corrected chi connectivity index (χ0v) is 11.5. The van der Waals surface area contributed by atoms with Crippen LogP contribution in [0.3, 0.4) is 0 Å². The minimum Gasteiger partial charge on any atom is -0.330 e. The first kappa shape index (κ1) is 13.3. The van der Waals surface area contributed by atoms with Gasteiger partial charge in [0.25, 0.3) is 0 Å². The van der Waals surface area contributed by atoms with E-state index in [0.717, 1.165) is 6.42 Å². The molecular weight excluding hydrogens is 240 g/mol. The largest absolute Gasteiger partial charge is 0.330 e. The zero-order valence-electron chi connectivity index (χ0n) is 10.7. The molecule has 1 aromatic carbocycles. The third-order valence-electron chi connectivity index (χ3n) is 3.34. The van der Waals surface area contributed by atoms with E-state index < -0.39 is 0 Å². The standard InChI is InChI=1S/C15H20N2S/c1-11-8-10-18-15(11)14(17)13(7-9-16)12-5-3-2-4-6-12/h2-6,8,10,13-14H,7,9,16-17H2,1H3. The molecule has 0 amide bonds. The van der Waals surface area contributed by atoms with Crippen molar-refractivity contribution in [3.8, 4) is 0 Å². The van der Waals surface area contributed by atoms with Crippen LogP contribution in [-0.4, -0.2) is 6.54 Å². The van der Waals surface area contributed by atoms with E-state index in [9.17, 15) is 0 Å². The Kier molecular flexibility index (Phi) is 4.53. The third kappa shape index (κ3) is 2.80. The van der Waals surface area contributed by atoms with E-state index in [1.807, 2.05) is 6.07 Å². The second-order valence-electron chi connectivity index (χ2n) is 4.59. The lowest BCUT2D eigenvalue weighted by atomic mass is 9.87. The summed E-state index contributed by atoms with van der Waals surface area (Å²) in [6, 6.07) is 12.6. The Balaban J connectivity index is 2.28. The first-order valence-corrected chi connectivity index (χ1v) is 7.16. The fourth-order valence-corrected chi connectivity index (χ4v) is 3.34. The molecule has 2 unspecified atom stereocenters. The van der Waals surface area contributed by atoms with Gasteiger partial charge in [0.2, 0.25) is 0 Å². The van der Waals surface area contributed by atoms with Gasteiger partial charge in [-0.3, -0.25) is 0 Å². The van der Waals surface area contributed by atoms with Crippen molar-refractivity contribution in [3.05, 3.63) is 57.8 Å². The number of hydrogen-bond acceptors (Lipinski definition) is 3. The lowest BCUT2D eigenvalue weighted by Gasteiger charge is -2.24. The summed E-state index contributed by atoms with van der Waals surface area (Å²) in [7, 11) is 0. The summed E-state index contributed by atoms with van der Waals surface area (Å²) in [5.74, 6) is 0.300. The van der Waals surface area contributed by atoms with Gasteiger partial charge >= 0.3 is 0 Å². The Morgan fingerprint density at radius 1 is 1.17 bits per heavy atom. The van der Waals surface area contributed by atoms with Gasteiger partial charge in [-0.15, -0.1) is 11.3 Å². The molecule has 1 heterocycles. The van der Waals surface area contributed by atoms with Crippen LogP contribution >= 0.6 is 11.3 Å². The summed E-state index contributed by atoms with van der Waals surface area (Å²) >= 11 is 1.74. The molecule has 96 valence electrons. The van der Waals surface area contributed by atoms with Crippen LogP contribution in [0.1, 0.15) is 34.4 Å². The quantitative estimate of drug-likeness (QED) is 0.867. The first-order valence-electron chi connectivity index (χ1n) is 6.28. The molecule has 2 nitrogen and oxygen atoms in total. The highest BCUT2D eigenvalue weighted by Crippen LogP contribution is 2.35. The molecule has 0 aliphatic heterocycles. The summed E-state index contributed by atoms with van der Waals surface area (Å²) in [5, 5.41) is 2.11. The maximum atomic E-state index is 6.46. The maximum absolute atomic E-state index is 6.46. The number of rotatable bonds is 5. The van der Waals surface area contributed by atoms with E-state index >= 15 is 0 Å². The van der Waals surface area contributed by atoms with Gasteiger partial charge in [-0.05, 0) is 42.5 Å². The van der Waals surface area contributed by atoms with Crippen molar-refractivity contribution in [2.24, 2.45) is 11.5 Å². The average molecular weight is 260 g/mol. The van der Waals surface area contributed by atoms with Crippen molar-refractivity contribution in [3.63, 3.8) is 0 Å². The Bertz CT molecular complexity index is 478. The minimum atomic E-state index is 0.0379. The molecule has 0 fully saturated rings. The molecule has 2 rings (SSSR count). The summed E-state index contributed by atoms with van der Waals surface area (Å²) in [6.07, 6.45) is 0.919. The van der Waals surface area contributed by atoms with Gasteiger partial charge in [0.05, 0.1) is 0 Å². The van der Waals surface area contributed by atoms with E-state index in [-0.39, 0.29) is 6.04 Å². The van der Waals surface area contributed by atoms with E-state index in [1.165, 1.54) is 16.0 Å². The van der Waals surface area contributed by atoms with E-state index in [0.29, 0.717) is 12.5 Å². The number of nitrogens with two attached hydrogens (primary N) is 2. The van der Waals surface area contributed by atoms with Crippen LogP contribution in [0.4, 0.5) is 0 Å². The predicted molar refractivity (Wildman–Crippen MR) is 78.8 cm³/mol. The number of hydrogen-bond donors (Lipinski definition) is 2. The van der Waals surface area contributed by atoms with Crippen LogP contribution in [0.15, 0.2) is 41.8 Å². The van der Waals surface area contributed by atoms with Gasteiger partial charge in [0.1, 0.15) is 0 Å². The van der Waals surface area contributed by atoms with Crippen molar-refractivity contribution >= 4 is 11.3 Å². The average Bonchev–Trinajstić information content (AvgIpc) is 2.82. The monoisotopic (exact) mass is 260 g/mol. The number of aryl methyl sites for hydroxylation is 1. The van der Waals surface area contributed by atoms with Crippen molar-refractivity contribution in [1.29, 1.82) is 0 Å². The van der Waals surface area contributed by atoms with E-state index in [4.69, 9.17) is 11.5 Å². The molecule has 2 atom stereocenters. The molecule has 1 aromatic heterocycles. The highest BCUT2D eigenvalue weighted by Gasteiger charge is 2.22. The van der Waals surface area contributed by atoms with E-state index in [1.54, 1.807) is 11.3 Å². The molecule has 0 aliphatic rings. The molecule has 3 heteroatoms. The predicted octanol–water partition coefficient (Wildman–Crippen LogP) is 3.19. The van der Waals surface area contributed by atoms with Crippen LogP contribution in [0, 0.1) is 6.92 Å². The van der Waals surface area contributed by atoms with Gasteiger partial charge < -0.3 is 11.5 Å². The Hall–Kier alpha value is -1.16. The van der Waals surface area contributed by atoms with Crippen LogP contribution in [0.5, 0.6) is 0 Å². The third-order valence-corrected chi connectivity index (χ3v) is 4.46. The van der Waals surface area contributed by atoms with Gasteiger partial charge in [-0.1, -0.05) is 30.3 Å². The molecule has 4 N–H and O–H groups in total. The fraction of sp³-hybridized carbons (Fsp3) is 0.333. The molecule has 2 aromatic rings. The Morgan fingerprint density at radius 3 is 2.44 bits per heavy atom. The molecule has 0 spiro atoms. The Morgan fingerprint density at radius 2 is 1.89 bits per heavy atom. The van der Waals surface area contributed by atoms with Gasteiger partial charge in [-0.25, -0.2) is 0 Å². The molecule has 0 saturated heterocycles. The van der Waals surface area contributed by atoms with Gasteiger partial charge in [-0.2, -0.15) is 0 Å². The van der Waals surface area contributed by atoms with Crippen LogP contribution in [0.25, 0.3) is 0 Å². The first-order chi connectivity index (χ1) is 8.74. The topological polar surface area (TPSA) is 52.0 Å². The normalized spacial score (nSPS) is 14.4. The molecule has 0 bridgehead atoms. The highest BCUT2D eigenvalue weighted by atomic mass is 32.1. The maximum Gasteiger partial charge on any atom is 0.0462 e. The minimum absolute atomic E-state index is 0.0379.